The highest BCUT2D eigenvalue weighted by molar-refractivity contribution is 7.81. The normalized spacial score (nSPS) is 12.7. The van der Waals surface area contributed by atoms with Crippen molar-refractivity contribution in [2.45, 2.75) is 148 Å². The van der Waals surface area contributed by atoms with Crippen LogP contribution >= 0.6 is 0 Å². The molecule has 0 atom stereocenters. The Morgan fingerprint density at radius 3 is 1.02 bits per heavy atom. The van der Waals surface area contributed by atoms with Gasteiger partial charge in [-0.3, -0.25) is 18.9 Å². The predicted octanol–water partition coefficient (Wildman–Crippen LogP) is 6.43. The Kier molecular flexibility index (Phi) is 28.6. The van der Waals surface area contributed by atoms with E-state index in [1.165, 1.54) is 89.9 Å². The van der Waals surface area contributed by atoms with Crippen molar-refractivity contribution in [2.75, 3.05) is 52.5 Å². The molecular weight excluding hydrogens is 608 g/mol. The molecule has 3 N–H and O–H groups in total. The molecule has 0 bridgehead atoms. The zero-order valence-electron chi connectivity index (χ0n) is 27.9. The van der Waals surface area contributed by atoms with Crippen molar-refractivity contribution in [1.29, 1.82) is 0 Å². The molecule has 0 aromatic heterocycles. The number of unbranched alkanes of at least 4 members (excludes halogenated alkanes) is 18. The summed E-state index contributed by atoms with van der Waals surface area (Å²) >= 11 is 0. The summed E-state index contributed by atoms with van der Waals surface area (Å²) in [5.41, 5.74) is 0. The minimum Gasteiger partial charge on any atom is -0.390 e. The van der Waals surface area contributed by atoms with Crippen LogP contribution in [0.4, 0.5) is 0 Å². The fourth-order valence-electron chi connectivity index (χ4n) is 5.43. The molecule has 0 aromatic rings. The number of hydrogen-bond donors (Lipinski definition) is 3. The Hall–Kier alpha value is -0.380. The molecule has 0 spiro atoms. The van der Waals surface area contributed by atoms with Crippen LogP contribution in [0.2, 0.25) is 0 Å². The van der Waals surface area contributed by atoms with E-state index in [0.29, 0.717) is 13.1 Å². The molecule has 13 heteroatoms. The molecule has 0 fully saturated rings. The highest BCUT2D eigenvalue weighted by Crippen LogP contribution is 2.13. The highest BCUT2D eigenvalue weighted by Gasteiger charge is 2.17. The summed E-state index contributed by atoms with van der Waals surface area (Å²) in [5, 5.41) is 10.9. The first-order valence-electron chi connectivity index (χ1n) is 17.3. The Morgan fingerprint density at radius 1 is 0.477 bits per heavy atom. The Balaban J connectivity index is 4.70. The average molecular weight is 675 g/mol. The van der Waals surface area contributed by atoms with Gasteiger partial charge in [-0.15, -0.1) is 0 Å². The van der Waals surface area contributed by atoms with E-state index in [9.17, 15) is 21.9 Å². The van der Waals surface area contributed by atoms with Crippen LogP contribution in [0, 0.1) is 0 Å². The van der Waals surface area contributed by atoms with Gasteiger partial charge < -0.3 is 5.11 Å². The van der Waals surface area contributed by atoms with Gasteiger partial charge in [0, 0.05) is 26.2 Å². The van der Waals surface area contributed by atoms with Crippen LogP contribution in [0.25, 0.3) is 0 Å². The largest absolute Gasteiger partial charge is 0.397 e. The maximum absolute atomic E-state index is 11.0. The van der Waals surface area contributed by atoms with Crippen LogP contribution in [0.5, 0.6) is 0 Å². The second-order valence-electron chi connectivity index (χ2n) is 12.1. The average Bonchev–Trinajstić information content (AvgIpc) is 2.93. The van der Waals surface area contributed by atoms with Gasteiger partial charge in [-0.1, -0.05) is 129 Å². The molecule has 0 aliphatic carbocycles. The van der Waals surface area contributed by atoms with Crippen LogP contribution in [-0.4, -0.2) is 99.4 Å². The van der Waals surface area contributed by atoms with Crippen molar-refractivity contribution in [3.63, 3.8) is 0 Å². The SMILES string of the molecule is CCCCCCCCCCCCN(CCOS(=O)(=O)O)CC(O)CN(CCCCCCCCCCCC)CCOS(=O)(=O)O. The third kappa shape index (κ3) is 33.0. The number of rotatable bonds is 34. The molecule has 0 aliphatic rings. The smallest absolute Gasteiger partial charge is 0.390 e. The first-order valence-corrected chi connectivity index (χ1v) is 20.1. The van der Waals surface area contributed by atoms with Crippen LogP contribution in [0.3, 0.4) is 0 Å². The summed E-state index contributed by atoms with van der Waals surface area (Å²) in [6.45, 7) is 6.35. The second-order valence-corrected chi connectivity index (χ2v) is 14.3. The van der Waals surface area contributed by atoms with Gasteiger partial charge in [0.15, 0.2) is 0 Å². The lowest BCUT2D eigenvalue weighted by atomic mass is 10.1. The summed E-state index contributed by atoms with van der Waals surface area (Å²) in [7, 11) is -9.08. The Labute approximate surface area is 270 Å². The van der Waals surface area contributed by atoms with Gasteiger partial charge >= 0.3 is 20.8 Å². The molecule has 0 heterocycles. The van der Waals surface area contributed by atoms with E-state index in [2.05, 4.69) is 22.2 Å². The van der Waals surface area contributed by atoms with Gasteiger partial charge in [-0.2, -0.15) is 16.8 Å². The molecule has 0 saturated carbocycles. The molecule has 11 nitrogen and oxygen atoms in total. The monoisotopic (exact) mass is 674 g/mol. The first-order chi connectivity index (χ1) is 21.0. The van der Waals surface area contributed by atoms with Gasteiger partial charge in [0.05, 0.1) is 19.3 Å². The number of nitrogens with zero attached hydrogens (tertiary/aromatic N) is 2. The molecule has 0 unspecified atom stereocenters. The molecule has 0 radical (unpaired) electrons. The minimum absolute atomic E-state index is 0.214. The van der Waals surface area contributed by atoms with E-state index in [1.807, 2.05) is 9.80 Å². The maximum atomic E-state index is 11.0. The summed E-state index contributed by atoms with van der Waals surface area (Å²) in [5.74, 6) is 0. The first kappa shape index (κ1) is 43.6. The van der Waals surface area contributed by atoms with Crippen LogP contribution in [0.15, 0.2) is 0 Å². The van der Waals surface area contributed by atoms with Gasteiger partial charge in [0.1, 0.15) is 0 Å². The molecule has 0 saturated heterocycles. The Bertz CT molecular complexity index is 777. The molecule has 0 amide bonds. The third-order valence-corrected chi connectivity index (χ3v) is 8.80. The van der Waals surface area contributed by atoms with E-state index in [0.717, 1.165) is 38.5 Å². The fraction of sp³-hybridized carbons (Fsp3) is 1.00. The van der Waals surface area contributed by atoms with Crippen molar-refractivity contribution < 1.29 is 39.4 Å². The van der Waals surface area contributed by atoms with Crippen molar-refractivity contribution in [3.05, 3.63) is 0 Å². The van der Waals surface area contributed by atoms with E-state index in [1.54, 1.807) is 0 Å². The van der Waals surface area contributed by atoms with Crippen molar-refractivity contribution in [1.82, 2.24) is 9.80 Å². The van der Waals surface area contributed by atoms with Gasteiger partial charge in [0.2, 0.25) is 0 Å². The topological polar surface area (TPSA) is 154 Å². The molecule has 0 aliphatic heterocycles. The van der Waals surface area contributed by atoms with Crippen LogP contribution in [-0.2, 0) is 29.2 Å². The van der Waals surface area contributed by atoms with E-state index >= 15 is 0 Å². The molecular formula is C31H66N2O9S2. The van der Waals surface area contributed by atoms with Crippen LogP contribution < -0.4 is 0 Å². The third-order valence-electron chi connectivity index (χ3n) is 7.87. The molecule has 44 heavy (non-hydrogen) atoms. The van der Waals surface area contributed by atoms with E-state index in [4.69, 9.17) is 9.11 Å². The Morgan fingerprint density at radius 2 is 0.750 bits per heavy atom. The maximum Gasteiger partial charge on any atom is 0.397 e. The lowest BCUT2D eigenvalue weighted by Crippen LogP contribution is -2.43. The summed E-state index contributed by atoms with van der Waals surface area (Å²) in [4.78, 5) is 3.88. The fourth-order valence-corrected chi connectivity index (χ4v) is 6.00. The summed E-state index contributed by atoms with van der Waals surface area (Å²) < 4.78 is 71.0. The van der Waals surface area contributed by atoms with E-state index in [-0.39, 0.29) is 39.4 Å². The van der Waals surface area contributed by atoms with Gasteiger partial charge in [-0.25, -0.2) is 8.37 Å². The minimum atomic E-state index is -4.54. The molecule has 0 aromatic carbocycles. The van der Waals surface area contributed by atoms with Gasteiger partial charge in [-0.05, 0) is 25.9 Å². The zero-order valence-corrected chi connectivity index (χ0v) is 29.5. The molecule has 0 rings (SSSR count). The van der Waals surface area contributed by atoms with Gasteiger partial charge in [0.25, 0.3) is 0 Å². The lowest BCUT2D eigenvalue weighted by molar-refractivity contribution is 0.0622. The van der Waals surface area contributed by atoms with Crippen molar-refractivity contribution in [2.24, 2.45) is 0 Å². The number of hydrogen-bond acceptors (Lipinski definition) is 9. The molecule has 266 valence electrons. The van der Waals surface area contributed by atoms with Crippen LogP contribution in [0.1, 0.15) is 142 Å². The zero-order chi connectivity index (χ0) is 32.9. The number of aliphatic hydroxyl groups excluding tert-OH is 1. The standard InChI is InChI=1S/C31H66N2O9S2/c1-3-5-7-9-11-13-15-17-19-21-23-32(25-27-41-43(35,36)37)29-31(34)30-33(26-28-42-44(38,39)40)24-22-20-18-16-14-12-10-8-6-4-2/h31,34H,3-30H2,1-2H3,(H,35,36,37)(H,38,39,40). The van der Waals surface area contributed by atoms with Crippen molar-refractivity contribution >= 4 is 20.8 Å². The number of aliphatic hydroxyl groups is 1. The highest BCUT2D eigenvalue weighted by atomic mass is 32.3. The summed E-state index contributed by atoms with van der Waals surface area (Å²) in [6.07, 6.45) is 23.1. The quantitative estimate of drug-likeness (QED) is 0.0511. The van der Waals surface area contributed by atoms with E-state index < -0.39 is 26.9 Å². The predicted molar refractivity (Wildman–Crippen MR) is 178 cm³/mol. The summed E-state index contributed by atoms with van der Waals surface area (Å²) in [6, 6.07) is 0. The van der Waals surface area contributed by atoms with Crippen molar-refractivity contribution in [3.8, 4) is 0 Å². The second kappa shape index (κ2) is 28.8. The lowest BCUT2D eigenvalue weighted by Gasteiger charge is -2.29.